The van der Waals surface area contributed by atoms with E-state index in [1.807, 2.05) is 6.92 Å². The van der Waals surface area contributed by atoms with Gasteiger partial charge in [0.25, 0.3) is 5.56 Å². The first-order chi connectivity index (χ1) is 19.7. The summed E-state index contributed by atoms with van der Waals surface area (Å²) in [6.45, 7) is 1.24. The van der Waals surface area contributed by atoms with Crippen molar-refractivity contribution in [2.75, 3.05) is 5.75 Å². The fourth-order valence-electron chi connectivity index (χ4n) is 4.16. The highest BCUT2D eigenvalue weighted by atomic mass is 32.2. The van der Waals surface area contributed by atoms with Gasteiger partial charge >= 0.3 is 12.4 Å². The lowest BCUT2D eigenvalue weighted by Crippen LogP contribution is -2.28. The van der Waals surface area contributed by atoms with Crippen LogP contribution < -0.4 is 5.56 Å². The molecule has 220 valence electrons. The number of allylic oxidation sites excluding steroid dienone is 6. The second-order valence-corrected chi connectivity index (χ2v) is 11.4. The van der Waals surface area contributed by atoms with Crippen LogP contribution in [0.1, 0.15) is 36.5 Å². The number of nitriles is 1. The molecule has 2 heterocycles. The Hall–Kier alpha value is -3.63. The van der Waals surface area contributed by atoms with Gasteiger partial charge in [0, 0.05) is 27.8 Å². The zero-order chi connectivity index (χ0) is 30.8. The first-order valence-corrected chi connectivity index (χ1v) is 14.1. The van der Waals surface area contributed by atoms with Gasteiger partial charge in [0.2, 0.25) is 0 Å². The van der Waals surface area contributed by atoms with Crippen LogP contribution in [0.5, 0.6) is 0 Å². The highest BCUT2D eigenvalue weighted by molar-refractivity contribution is 7.99. The molecule has 0 unspecified atom stereocenters. The number of pyridine rings is 1. The molecule has 0 saturated carbocycles. The molecule has 0 spiro atoms. The number of benzene rings is 1. The second kappa shape index (κ2) is 12.3. The monoisotopic (exact) mass is 628 g/mol. The summed E-state index contributed by atoms with van der Waals surface area (Å²) >= 11 is 2.05. The number of thioether (sulfide) groups is 1. The molecule has 1 aliphatic carbocycles. The van der Waals surface area contributed by atoms with Gasteiger partial charge in [0.1, 0.15) is 23.3 Å². The molecule has 42 heavy (non-hydrogen) atoms. The van der Waals surface area contributed by atoms with Crippen LogP contribution in [0.3, 0.4) is 0 Å². The molecule has 4 rings (SSSR count). The van der Waals surface area contributed by atoms with E-state index in [4.69, 9.17) is 0 Å². The minimum atomic E-state index is -5.09. The van der Waals surface area contributed by atoms with Crippen LogP contribution in [0, 0.1) is 11.3 Å². The third-order valence-electron chi connectivity index (χ3n) is 6.12. The smallest absolute Gasteiger partial charge is 0.302 e. The van der Waals surface area contributed by atoms with E-state index in [-0.39, 0.29) is 33.0 Å². The quantitative estimate of drug-likeness (QED) is 0.193. The Morgan fingerprint density at radius 1 is 1.02 bits per heavy atom. The largest absolute Gasteiger partial charge is 0.417 e. The van der Waals surface area contributed by atoms with E-state index in [2.05, 4.69) is 0 Å². The Labute approximate surface area is 243 Å². The highest BCUT2D eigenvalue weighted by Crippen LogP contribution is 2.41. The van der Waals surface area contributed by atoms with E-state index in [9.17, 15) is 45.2 Å². The minimum absolute atomic E-state index is 0.0533. The van der Waals surface area contributed by atoms with E-state index < -0.39 is 52.8 Å². The highest BCUT2D eigenvalue weighted by Gasteiger charge is 2.37. The van der Waals surface area contributed by atoms with Crippen molar-refractivity contribution in [2.45, 2.75) is 43.6 Å². The molecule has 0 radical (unpaired) electrons. The van der Waals surface area contributed by atoms with Crippen molar-refractivity contribution in [1.29, 1.82) is 5.26 Å². The maximum atomic E-state index is 14.7. The summed E-state index contributed by atoms with van der Waals surface area (Å²) in [7, 11) is 0. The first-order valence-electron chi connectivity index (χ1n) is 12.3. The van der Waals surface area contributed by atoms with Crippen LogP contribution in [0.15, 0.2) is 81.5 Å². The number of alkyl halides is 6. The minimum Gasteiger partial charge on any atom is -0.302 e. The second-order valence-electron chi connectivity index (χ2n) is 9.15. The Morgan fingerprint density at radius 2 is 1.74 bits per heavy atom. The molecular formula is C29H20F8N2OS2. The summed E-state index contributed by atoms with van der Waals surface area (Å²) in [5, 5.41) is 9.40. The SMILES string of the molecule is CCCSc1cc(-c2ccc(-c3cc(C(F)(F)F)c(C#N)c(=O)n3CC3=C(F)C=C(F)CC=C3)s2)cc(C(F)(F)F)c1. The van der Waals surface area contributed by atoms with Crippen molar-refractivity contribution < 1.29 is 35.1 Å². The van der Waals surface area contributed by atoms with E-state index in [1.165, 1.54) is 48.2 Å². The van der Waals surface area contributed by atoms with Gasteiger partial charge in [-0.15, -0.1) is 23.1 Å². The normalized spacial score (nSPS) is 14.1. The molecule has 13 heteroatoms. The van der Waals surface area contributed by atoms with Crippen LogP contribution in [0.4, 0.5) is 35.1 Å². The van der Waals surface area contributed by atoms with E-state index in [0.29, 0.717) is 29.2 Å². The Kier molecular flexibility index (Phi) is 9.18. The third kappa shape index (κ3) is 6.87. The number of rotatable bonds is 7. The van der Waals surface area contributed by atoms with Crippen molar-refractivity contribution in [1.82, 2.24) is 4.57 Å². The molecule has 3 nitrogen and oxygen atoms in total. The molecule has 0 N–H and O–H groups in total. The molecule has 0 saturated heterocycles. The van der Waals surface area contributed by atoms with Gasteiger partial charge in [-0.2, -0.15) is 31.6 Å². The average molecular weight is 629 g/mol. The van der Waals surface area contributed by atoms with Crippen LogP contribution in [0.25, 0.3) is 21.0 Å². The fraction of sp³-hybridized carbons (Fsp3) is 0.241. The number of thiophene rings is 1. The maximum Gasteiger partial charge on any atom is 0.417 e. The van der Waals surface area contributed by atoms with E-state index in [0.717, 1.165) is 28.0 Å². The number of hydrogen-bond donors (Lipinski definition) is 0. The van der Waals surface area contributed by atoms with Crippen LogP contribution in [0.2, 0.25) is 0 Å². The summed E-state index contributed by atoms with van der Waals surface area (Å²) in [6, 6.07) is 8.09. The number of halogens is 8. The maximum absolute atomic E-state index is 14.7. The Bertz CT molecular complexity index is 1700. The lowest BCUT2D eigenvalue weighted by atomic mass is 10.1. The van der Waals surface area contributed by atoms with Crippen LogP contribution in [-0.4, -0.2) is 10.3 Å². The van der Waals surface area contributed by atoms with Crippen molar-refractivity contribution in [2.24, 2.45) is 0 Å². The van der Waals surface area contributed by atoms with Gasteiger partial charge in [-0.25, -0.2) is 8.78 Å². The standard InChI is InChI=1S/C29H20F8N2OS2/c1-2-8-41-20-10-17(9-18(11-20)28(32,33)34)25-6-7-26(42-25)24-13-22(29(35,36)37)21(14-38)27(40)39(24)15-16-4-3-5-19(30)12-23(16)31/h3-4,6-7,9-13H,2,5,8,15H2,1H3. The lowest BCUT2D eigenvalue weighted by Gasteiger charge is -2.17. The molecule has 1 aromatic carbocycles. The van der Waals surface area contributed by atoms with Crippen molar-refractivity contribution in [3.05, 3.63) is 98.9 Å². The molecule has 0 fully saturated rings. The topological polar surface area (TPSA) is 45.8 Å². The predicted octanol–water partition coefficient (Wildman–Crippen LogP) is 9.69. The van der Waals surface area contributed by atoms with Crippen LogP contribution in [-0.2, 0) is 18.9 Å². The van der Waals surface area contributed by atoms with Gasteiger partial charge in [-0.05, 0) is 54.1 Å². The van der Waals surface area contributed by atoms with Crippen LogP contribution >= 0.6 is 23.1 Å². The summed E-state index contributed by atoms with van der Waals surface area (Å²) in [6.07, 6.45) is -6.20. The molecule has 1 aliphatic rings. The molecule has 3 aromatic rings. The fourth-order valence-corrected chi connectivity index (χ4v) is 6.04. The summed E-state index contributed by atoms with van der Waals surface area (Å²) < 4.78 is 112. The van der Waals surface area contributed by atoms with Gasteiger partial charge in [-0.1, -0.05) is 19.1 Å². The van der Waals surface area contributed by atoms with Crippen molar-refractivity contribution in [3.63, 3.8) is 0 Å². The van der Waals surface area contributed by atoms with Gasteiger partial charge < -0.3 is 4.57 Å². The molecule has 0 atom stereocenters. The molecule has 0 aliphatic heterocycles. The number of aromatic nitrogens is 1. The zero-order valence-electron chi connectivity index (χ0n) is 21.7. The molecular weight excluding hydrogens is 608 g/mol. The summed E-state index contributed by atoms with van der Waals surface area (Å²) in [5.41, 5.74) is -5.36. The summed E-state index contributed by atoms with van der Waals surface area (Å²) in [4.78, 5) is 13.9. The average Bonchev–Trinajstić information content (AvgIpc) is 3.34. The van der Waals surface area contributed by atoms with E-state index >= 15 is 0 Å². The summed E-state index contributed by atoms with van der Waals surface area (Å²) in [5.74, 6) is -1.30. The number of nitrogens with zero attached hydrogens (tertiary/aromatic N) is 2. The third-order valence-corrected chi connectivity index (χ3v) is 8.46. The molecule has 0 bridgehead atoms. The van der Waals surface area contributed by atoms with Crippen molar-refractivity contribution >= 4 is 23.1 Å². The lowest BCUT2D eigenvalue weighted by molar-refractivity contribution is -0.138. The van der Waals surface area contributed by atoms with Gasteiger partial charge in [-0.3, -0.25) is 4.79 Å². The first kappa shape index (κ1) is 31.3. The molecule has 2 aromatic heterocycles. The molecule has 0 amide bonds. The van der Waals surface area contributed by atoms with Gasteiger partial charge in [0.15, 0.2) is 0 Å². The Morgan fingerprint density at radius 3 is 2.38 bits per heavy atom. The van der Waals surface area contributed by atoms with Crippen molar-refractivity contribution in [3.8, 4) is 27.1 Å². The van der Waals surface area contributed by atoms with Gasteiger partial charge in [0.05, 0.1) is 28.2 Å². The predicted molar refractivity (Wildman–Crippen MR) is 146 cm³/mol. The van der Waals surface area contributed by atoms with E-state index in [1.54, 1.807) is 0 Å². The number of hydrogen-bond acceptors (Lipinski definition) is 4. The zero-order valence-corrected chi connectivity index (χ0v) is 23.3. The Balaban J connectivity index is 1.92.